The van der Waals surface area contributed by atoms with Crippen LogP contribution in [0.2, 0.25) is 5.02 Å². The van der Waals surface area contributed by atoms with Gasteiger partial charge in [0.15, 0.2) is 0 Å². The Balaban J connectivity index is 0.00000289. The molecule has 0 bridgehead atoms. The zero-order valence-electron chi connectivity index (χ0n) is 9.98. The number of benzene rings is 1. The number of carboxylic acids is 1. The summed E-state index contributed by atoms with van der Waals surface area (Å²) in [7, 11) is 0. The molecule has 0 fully saturated rings. The maximum Gasteiger partial charge on any atom is 0.307 e. The summed E-state index contributed by atoms with van der Waals surface area (Å²) in [6.07, 6.45) is 0.544. The van der Waals surface area contributed by atoms with Crippen molar-refractivity contribution in [3.05, 3.63) is 28.3 Å². The van der Waals surface area contributed by atoms with Gasteiger partial charge in [-0.15, -0.1) is 12.4 Å². The molecule has 1 aromatic carbocycles. The summed E-state index contributed by atoms with van der Waals surface area (Å²) in [4.78, 5) is 10.8. The number of carboxylic acid groups (broad SMARTS) is 1. The van der Waals surface area contributed by atoms with Gasteiger partial charge in [-0.1, -0.05) is 18.5 Å². The van der Waals surface area contributed by atoms with Crippen molar-refractivity contribution >= 4 is 30.0 Å². The van der Waals surface area contributed by atoms with Crippen molar-refractivity contribution in [3.8, 4) is 5.75 Å². The number of rotatable bonds is 6. The predicted molar refractivity (Wildman–Crippen MR) is 72.0 cm³/mol. The van der Waals surface area contributed by atoms with Gasteiger partial charge >= 0.3 is 5.97 Å². The van der Waals surface area contributed by atoms with Crippen LogP contribution in [0.15, 0.2) is 12.1 Å². The highest BCUT2D eigenvalue weighted by Gasteiger charge is 2.13. The summed E-state index contributed by atoms with van der Waals surface area (Å²) in [5, 5.41) is 18.1. The third kappa shape index (κ3) is 4.72. The van der Waals surface area contributed by atoms with Gasteiger partial charge < -0.3 is 14.9 Å². The van der Waals surface area contributed by atoms with Crippen molar-refractivity contribution < 1.29 is 19.7 Å². The first-order valence-corrected chi connectivity index (χ1v) is 5.73. The monoisotopic (exact) mass is 294 g/mol. The lowest BCUT2D eigenvalue weighted by molar-refractivity contribution is -0.136. The molecule has 0 aromatic heterocycles. The molecule has 0 aliphatic heterocycles. The molecule has 0 saturated heterocycles. The average Bonchev–Trinajstić information content (AvgIpc) is 2.26. The number of aliphatic hydroxyl groups excluding tert-OH is 1. The molecule has 0 radical (unpaired) electrons. The van der Waals surface area contributed by atoms with Crippen LogP contribution < -0.4 is 4.74 Å². The summed E-state index contributed by atoms with van der Waals surface area (Å²) in [6.45, 7) is 1.96. The smallest absolute Gasteiger partial charge is 0.307 e. The van der Waals surface area contributed by atoms with Gasteiger partial charge in [0.25, 0.3) is 0 Å². The normalized spacial score (nSPS) is 9.72. The molecular weight excluding hydrogens is 279 g/mol. The Morgan fingerprint density at radius 1 is 1.39 bits per heavy atom. The van der Waals surface area contributed by atoms with E-state index in [1.165, 1.54) is 0 Å². The van der Waals surface area contributed by atoms with Crippen LogP contribution in [-0.2, 0) is 17.6 Å². The number of ether oxygens (including phenoxy) is 1. The molecule has 2 N–H and O–H groups in total. The average molecular weight is 295 g/mol. The van der Waals surface area contributed by atoms with E-state index < -0.39 is 5.97 Å². The van der Waals surface area contributed by atoms with E-state index in [4.69, 9.17) is 26.6 Å². The van der Waals surface area contributed by atoms with Crippen LogP contribution in [0.25, 0.3) is 0 Å². The molecule has 0 amide bonds. The van der Waals surface area contributed by atoms with Crippen LogP contribution >= 0.6 is 24.0 Å². The molecule has 0 atom stereocenters. The Kier molecular flexibility index (Phi) is 7.75. The number of hydrogen-bond donors (Lipinski definition) is 2. The Labute approximate surface area is 117 Å². The van der Waals surface area contributed by atoms with E-state index in [0.29, 0.717) is 22.8 Å². The van der Waals surface area contributed by atoms with E-state index >= 15 is 0 Å². The van der Waals surface area contributed by atoms with Gasteiger partial charge in [0, 0.05) is 10.6 Å². The molecule has 102 valence electrons. The molecule has 0 unspecified atom stereocenters. The first kappa shape index (κ1) is 17.0. The highest BCUT2D eigenvalue weighted by atomic mass is 35.5. The van der Waals surface area contributed by atoms with Gasteiger partial charge in [-0.2, -0.15) is 0 Å². The lowest BCUT2D eigenvalue weighted by Crippen LogP contribution is -2.09. The maximum absolute atomic E-state index is 10.8. The number of aliphatic carboxylic acids is 1. The van der Waals surface area contributed by atoms with Crippen LogP contribution in [0.1, 0.15) is 18.1 Å². The Morgan fingerprint density at radius 2 is 2.00 bits per heavy atom. The molecule has 6 heteroatoms. The van der Waals surface area contributed by atoms with E-state index in [1.54, 1.807) is 12.1 Å². The fourth-order valence-electron chi connectivity index (χ4n) is 1.60. The minimum absolute atomic E-state index is 0. The minimum Gasteiger partial charge on any atom is -0.491 e. The lowest BCUT2D eigenvalue weighted by atomic mass is 10.0. The van der Waals surface area contributed by atoms with Gasteiger partial charge in [0.2, 0.25) is 0 Å². The largest absolute Gasteiger partial charge is 0.491 e. The summed E-state index contributed by atoms with van der Waals surface area (Å²) < 4.78 is 5.39. The highest BCUT2D eigenvalue weighted by Crippen LogP contribution is 2.29. The molecule has 0 aliphatic rings. The molecular formula is C12H16Cl2O4. The molecule has 0 aliphatic carbocycles. The van der Waals surface area contributed by atoms with Crippen LogP contribution in [0.4, 0.5) is 0 Å². The number of hydrogen-bond acceptors (Lipinski definition) is 3. The van der Waals surface area contributed by atoms with Crippen LogP contribution in [0.3, 0.4) is 0 Å². The van der Waals surface area contributed by atoms with Crippen molar-refractivity contribution in [3.63, 3.8) is 0 Å². The molecule has 0 heterocycles. The zero-order chi connectivity index (χ0) is 12.8. The molecule has 0 spiro atoms. The minimum atomic E-state index is -0.942. The van der Waals surface area contributed by atoms with E-state index in [1.807, 2.05) is 6.92 Å². The quantitative estimate of drug-likeness (QED) is 0.845. The summed E-state index contributed by atoms with van der Waals surface area (Å²) >= 11 is 5.92. The Morgan fingerprint density at radius 3 is 2.50 bits per heavy atom. The highest BCUT2D eigenvalue weighted by molar-refractivity contribution is 6.30. The molecule has 18 heavy (non-hydrogen) atoms. The molecule has 4 nitrogen and oxygen atoms in total. The first-order valence-electron chi connectivity index (χ1n) is 5.35. The number of halogens is 2. The van der Waals surface area contributed by atoms with E-state index in [2.05, 4.69) is 0 Å². The fraction of sp³-hybridized carbons (Fsp3) is 0.417. The second kappa shape index (κ2) is 8.19. The molecule has 0 saturated carbocycles. The fourth-order valence-corrected chi connectivity index (χ4v) is 1.87. The van der Waals surface area contributed by atoms with E-state index in [-0.39, 0.29) is 32.0 Å². The van der Waals surface area contributed by atoms with Crippen molar-refractivity contribution in [1.29, 1.82) is 0 Å². The van der Waals surface area contributed by atoms with Gasteiger partial charge in [-0.3, -0.25) is 4.79 Å². The van der Waals surface area contributed by atoms with Crippen molar-refractivity contribution in [2.75, 3.05) is 13.2 Å². The van der Waals surface area contributed by atoms with E-state index in [0.717, 1.165) is 5.56 Å². The summed E-state index contributed by atoms with van der Waals surface area (Å²) in [6, 6.07) is 3.33. The first-order chi connectivity index (χ1) is 8.08. The number of carbonyl (C=O) groups is 1. The Bertz CT molecular complexity index is 407. The zero-order valence-corrected chi connectivity index (χ0v) is 11.6. The number of aryl methyl sites for hydroxylation is 1. The van der Waals surface area contributed by atoms with Crippen LogP contribution in [-0.4, -0.2) is 29.4 Å². The van der Waals surface area contributed by atoms with Crippen LogP contribution in [0.5, 0.6) is 5.75 Å². The second-order valence-electron chi connectivity index (χ2n) is 3.55. The Hall–Kier alpha value is -0.970. The van der Waals surface area contributed by atoms with Crippen LogP contribution in [0, 0.1) is 0 Å². The number of aliphatic hydroxyl groups is 1. The van der Waals surface area contributed by atoms with Gasteiger partial charge in [-0.25, -0.2) is 0 Å². The third-order valence-corrected chi connectivity index (χ3v) is 2.49. The SMILES string of the molecule is CCc1cc(Cl)cc(CC(=O)O)c1OCCO.Cl. The van der Waals surface area contributed by atoms with Crippen molar-refractivity contribution in [1.82, 2.24) is 0 Å². The topological polar surface area (TPSA) is 66.8 Å². The van der Waals surface area contributed by atoms with Crippen molar-refractivity contribution in [2.24, 2.45) is 0 Å². The third-order valence-electron chi connectivity index (χ3n) is 2.27. The molecule has 1 aromatic rings. The summed E-state index contributed by atoms with van der Waals surface area (Å²) in [5.74, 6) is -0.420. The standard InChI is InChI=1S/C12H15ClO4.ClH/c1-2-8-5-10(13)6-9(7-11(15)16)12(8)17-4-3-14;/h5-6,14H,2-4,7H2,1H3,(H,15,16);1H. The van der Waals surface area contributed by atoms with E-state index in [9.17, 15) is 4.79 Å². The maximum atomic E-state index is 10.8. The lowest BCUT2D eigenvalue weighted by Gasteiger charge is -2.14. The van der Waals surface area contributed by atoms with Gasteiger partial charge in [0.05, 0.1) is 13.0 Å². The molecule has 1 rings (SSSR count). The second-order valence-corrected chi connectivity index (χ2v) is 3.99. The van der Waals surface area contributed by atoms with Gasteiger partial charge in [0.1, 0.15) is 12.4 Å². The van der Waals surface area contributed by atoms with Crippen molar-refractivity contribution in [2.45, 2.75) is 19.8 Å². The summed E-state index contributed by atoms with van der Waals surface area (Å²) in [5.41, 5.74) is 1.39. The predicted octanol–water partition coefficient (Wildman–Crippen LogP) is 2.32. The van der Waals surface area contributed by atoms with Gasteiger partial charge in [-0.05, 0) is 24.1 Å².